The average molecular weight is 178 g/mol. The number of ether oxygens (including phenoxy) is 1. The molecule has 68 valence electrons. The van der Waals surface area contributed by atoms with E-state index in [-0.39, 0.29) is 0 Å². The number of carbonyl (C=O) groups excluding carboxylic acids is 1. The molecule has 13 heavy (non-hydrogen) atoms. The topological polar surface area (TPSA) is 65.2 Å². The molecule has 0 saturated heterocycles. The molecule has 0 aliphatic carbocycles. The lowest BCUT2D eigenvalue weighted by molar-refractivity contribution is -0.113. The minimum absolute atomic E-state index is 0.495. The Labute approximate surface area is 76.0 Å². The molecule has 0 aliphatic rings. The lowest BCUT2D eigenvalue weighted by atomic mass is 10.2. The standard InChI is InChI=1S/C9H10N2O2/c1-13-8-4-5-11-6-7(8)2-3-9(10)12/h2-6H,1H3,(H2,10,12). The second-order valence-electron chi connectivity index (χ2n) is 2.35. The second kappa shape index (κ2) is 4.25. The van der Waals surface area contributed by atoms with Crippen molar-refractivity contribution in [2.45, 2.75) is 0 Å². The molecule has 1 aromatic heterocycles. The number of primary amides is 1. The van der Waals surface area contributed by atoms with Gasteiger partial charge in [-0.15, -0.1) is 0 Å². The van der Waals surface area contributed by atoms with E-state index in [1.54, 1.807) is 31.6 Å². The van der Waals surface area contributed by atoms with Gasteiger partial charge in [-0.2, -0.15) is 0 Å². The maximum absolute atomic E-state index is 10.4. The fourth-order valence-electron chi connectivity index (χ4n) is 0.877. The highest BCUT2D eigenvalue weighted by Gasteiger charge is 1.97. The maximum Gasteiger partial charge on any atom is 0.241 e. The van der Waals surface area contributed by atoms with Gasteiger partial charge in [-0.3, -0.25) is 9.78 Å². The summed E-state index contributed by atoms with van der Waals surface area (Å²) in [4.78, 5) is 14.3. The Kier molecular flexibility index (Phi) is 3.03. The molecule has 0 bridgehead atoms. The normalized spacial score (nSPS) is 10.2. The van der Waals surface area contributed by atoms with Gasteiger partial charge in [0.15, 0.2) is 0 Å². The fraction of sp³-hybridized carbons (Fsp3) is 0.111. The molecule has 1 aromatic rings. The molecule has 0 radical (unpaired) electrons. The van der Waals surface area contributed by atoms with E-state index in [9.17, 15) is 4.79 Å². The van der Waals surface area contributed by atoms with Crippen LogP contribution in [-0.2, 0) is 4.79 Å². The zero-order valence-electron chi connectivity index (χ0n) is 7.23. The van der Waals surface area contributed by atoms with E-state index in [1.165, 1.54) is 6.08 Å². The Morgan fingerprint density at radius 3 is 3.08 bits per heavy atom. The van der Waals surface area contributed by atoms with Gasteiger partial charge in [0, 0.05) is 24.0 Å². The summed E-state index contributed by atoms with van der Waals surface area (Å²) in [5, 5.41) is 0. The smallest absolute Gasteiger partial charge is 0.241 e. The van der Waals surface area contributed by atoms with E-state index >= 15 is 0 Å². The highest BCUT2D eigenvalue weighted by Crippen LogP contribution is 2.16. The van der Waals surface area contributed by atoms with Crippen LogP contribution in [0.15, 0.2) is 24.5 Å². The van der Waals surface area contributed by atoms with Gasteiger partial charge in [0.05, 0.1) is 7.11 Å². The van der Waals surface area contributed by atoms with Gasteiger partial charge in [0.25, 0.3) is 0 Å². The first-order chi connectivity index (χ1) is 6.24. The number of nitrogens with two attached hydrogens (primary N) is 1. The Balaban J connectivity index is 2.93. The Hall–Kier alpha value is -1.84. The van der Waals surface area contributed by atoms with E-state index in [0.717, 1.165) is 5.56 Å². The summed E-state index contributed by atoms with van der Waals surface area (Å²) in [6.45, 7) is 0. The summed E-state index contributed by atoms with van der Waals surface area (Å²) in [5.41, 5.74) is 5.67. The number of nitrogens with zero attached hydrogens (tertiary/aromatic N) is 1. The Bertz CT molecular complexity index is 334. The molecule has 1 amide bonds. The fourth-order valence-corrected chi connectivity index (χ4v) is 0.877. The number of rotatable bonds is 3. The van der Waals surface area contributed by atoms with Crippen LogP contribution in [0, 0.1) is 0 Å². The summed E-state index contributed by atoms with van der Waals surface area (Å²) in [6, 6.07) is 1.71. The van der Waals surface area contributed by atoms with Crippen molar-refractivity contribution >= 4 is 12.0 Å². The van der Waals surface area contributed by atoms with E-state index in [2.05, 4.69) is 4.98 Å². The highest BCUT2D eigenvalue weighted by molar-refractivity contribution is 5.90. The number of pyridine rings is 1. The van der Waals surface area contributed by atoms with Gasteiger partial charge >= 0.3 is 0 Å². The third-order valence-electron chi connectivity index (χ3n) is 1.46. The lowest BCUT2D eigenvalue weighted by Gasteiger charge is -2.01. The quantitative estimate of drug-likeness (QED) is 0.689. The minimum atomic E-state index is -0.495. The molecule has 0 fully saturated rings. The SMILES string of the molecule is COc1ccncc1C=CC(N)=O. The van der Waals surface area contributed by atoms with Gasteiger partial charge in [0.2, 0.25) is 5.91 Å². The van der Waals surface area contributed by atoms with Crippen molar-refractivity contribution in [1.82, 2.24) is 4.98 Å². The summed E-state index contributed by atoms with van der Waals surface area (Å²) in [5.74, 6) is 0.165. The summed E-state index contributed by atoms with van der Waals surface area (Å²) in [7, 11) is 1.55. The number of amides is 1. The van der Waals surface area contributed by atoms with Crippen molar-refractivity contribution in [3.63, 3.8) is 0 Å². The summed E-state index contributed by atoms with van der Waals surface area (Å²) in [6.07, 6.45) is 6.03. The summed E-state index contributed by atoms with van der Waals surface area (Å²) < 4.78 is 5.03. The third kappa shape index (κ3) is 2.59. The molecule has 1 rings (SSSR count). The van der Waals surface area contributed by atoms with Gasteiger partial charge in [-0.1, -0.05) is 0 Å². The Morgan fingerprint density at radius 1 is 1.69 bits per heavy atom. The van der Waals surface area contributed by atoms with Crippen molar-refractivity contribution in [2.24, 2.45) is 5.73 Å². The predicted octanol–water partition coefficient (Wildman–Crippen LogP) is 0.589. The van der Waals surface area contributed by atoms with Crippen molar-refractivity contribution in [3.8, 4) is 5.75 Å². The predicted molar refractivity (Wildman–Crippen MR) is 49.0 cm³/mol. The number of hydrogen-bond acceptors (Lipinski definition) is 3. The van der Waals surface area contributed by atoms with Crippen molar-refractivity contribution in [3.05, 3.63) is 30.1 Å². The second-order valence-corrected chi connectivity index (χ2v) is 2.35. The van der Waals surface area contributed by atoms with Gasteiger partial charge in [-0.25, -0.2) is 0 Å². The van der Waals surface area contributed by atoms with Crippen LogP contribution in [-0.4, -0.2) is 18.0 Å². The van der Waals surface area contributed by atoms with Crippen LogP contribution < -0.4 is 10.5 Å². The zero-order chi connectivity index (χ0) is 9.68. The molecule has 0 aliphatic heterocycles. The molecular weight excluding hydrogens is 168 g/mol. The molecule has 2 N–H and O–H groups in total. The molecular formula is C9H10N2O2. The van der Waals surface area contributed by atoms with Crippen molar-refractivity contribution in [1.29, 1.82) is 0 Å². The maximum atomic E-state index is 10.4. The van der Waals surface area contributed by atoms with Crippen LogP contribution in [0.5, 0.6) is 5.75 Å². The number of hydrogen-bond donors (Lipinski definition) is 1. The van der Waals surface area contributed by atoms with E-state index in [0.29, 0.717) is 5.75 Å². The highest BCUT2D eigenvalue weighted by atomic mass is 16.5. The molecule has 4 nitrogen and oxygen atoms in total. The first kappa shape index (κ1) is 9.25. The van der Waals surface area contributed by atoms with Gasteiger partial charge in [-0.05, 0) is 12.1 Å². The minimum Gasteiger partial charge on any atom is -0.496 e. The van der Waals surface area contributed by atoms with Gasteiger partial charge < -0.3 is 10.5 Å². The monoisotopic (exact) mass is 178 g/mol. The van der Waals surface area contributed by atoms with Crippen LogP contribution in [0.2, 0.25) is 0 Å². The molecule has 4 heteroatoms. The number of aromatic nitrogens is 1. The first-order valence-corrected chi connectivity index (χ1v) is 3.69. The van der Waals surface area contributed by atoms with Crippen molar-refractivity contribution < 1.29 is 9.53 Å². The van der Waals surface area contributed by atoms with E-state index in [4.69, 9.17) is 10.5 Å². The van der Waals surface area contributed by atoms with E-state index in [1.807, 2.05) is 0 Å². The van der Waals surface area contributed by atoms with E-state index < -0.39 is 5.91 Å². The largest absolute Gasteiger partial charge is 0.496 e. The van der Waals surface area contributed by atoms with Gasteiger partial charge in [0.1, 0.15) is 5.75 Å². The lowest BCUT2D eigenvalue weighted by Crippen LogP contribution is -2.05. The third-order valence-corrected chi connectivity index (χ3v) is 1.46. The molecule has 0 spiro atoms. The zero-order valence-corrected chi connectivity index (χ0v) is 7.23. The molecule has 0 atom stereocenters. The number of methoxy groups -OCH3 is 1. The van der Waals surface area contributed by atoms with Crippen LogP contribution in [0.4, 0.5) is 0 Å². The van der Waals surface area contributed by atoms with Crippen LogP contribution in [0.25, 0.3) is 6.08 Å². The van der Waals surface area contributed by atoms with Crippen LogP contribution in [0.3, 0.4) is 0 Å². The number of carbonyl (C=O) groups is 1. The summed E-state index contributed by atoms with van der Waals surface area (Å²) >= 11 is 0. The Morgan fingerprint density at radius 2 is 2.46 bits per heavy atom. The molecule has 0 unspecified atom stereocenters. The molecule has 1 heterocycles. The first-order valence-electron chi connectivity index (χ1n) is 3.69. The molecule has 0 saturated carbocycles. The van der Waals surface area contributed by atoms with Crippen LogP contribution in [0.1, 0.15) is 5.56 Å². The van der Waals surface area contributed by atoms with Crippen LogP contribution >= 0.6 is 0 Å². The average Bonchev–Trinajstić information content (AvgIpc) is 2.15. The molecule has 0 aromatic carbocycles. The van der Waals surface area contributed by atoms with Crippen molar-refractivity contribution in [2.75, 3.05) is 7.11 Å².